The Labute approximate surface area is 128 Å². The lowest BCUT2D eigenvalue weighted by Crippen LogP contribution is -2.18. The summed E-state index contributed by atoms with van der Waals surface area (Å²) in [4.78, 5) is 2.72. The Kier molecular flexibility index (Phi) is 4.45. The van der Waals surface area contributed by atoms with Crippen molar-refractivity contribution in [3.63, 3.8) is 0 Å². The molecule has 22 heavy (non-hydrogen) atoms. The van der Waals surface area contributed by atoms with E-state index in [0.29, 0.717) is 23.5 Å². The molecule has 2 rings (SSSR count). The molecule has 0 bridgehead atoms. The minimum atomic E-state index is 0.155. The van der Waals surface area contributed by atoms with Gasteiger partial charge in [0, 0.05) is 5.56 Å². The third kappa shape index (κ3) is 2.63. The number of ether oxygens (including phenoxy) is 2. The van der Waals surface area contributed by atoms with Gasteiger partial charge in [0.05, 0.1) is 13.7 Å². The van der Waals surface area contributed by atoms with Gasteiger partial charge in [0.2, 0.25) is 0 Å². The second kappa shape index (κ2) is 6.47. The van der Waals surface area contributed by atoms with Crippen LogP contribution in [0, 0.1) is 22.7 Å². The van der Waals surface area contributed by atoms with Crippen LogP contribution in [0.4, 0.5) is 5.82 Å². The van der Waals surface area contributed by atoms with E-state index in [0.717, 1.165) is 0 Å². The summed E-state index contributed by atoms with van der Waals surface area (Å²) in [5.74, 6) is 1.09. The van der Waals surface area contributed by atoms with Gasteiger partial charge >= 0.3 is 5.88 Å². The Morgan fingerprint density at radius 1 is 1.14 bits per heavy atom. The maximum absolute atomic E-state index is 9.42. The summed E-state index contributed by atoms with van der Waals surface area (Å²) in [5, 5.41) is 18.8. The molecule has 6 nitrogen and oxygen atoms in total. The maximum Gasteiger partial charge on any atom is 0.300 e. The predicted molar refractivity (Wildman–Crippen MR) is 80.0 cm³/mol. The number of nitrogens with two attached hydrogens (primary N) is 1. The molecule has 0 amide bonds. The third-order valence-electron chi connectivity index (χ3n) is 3.13. The zero-order valence-corrected chi connectivity index (χ0v) is 12.3. The highest BCUT2D eigenvalue weighted by Crippen LogP contribution is 2.33. The van der Waals surface area contributed by atoms with E-state index in [1.165, 1.54) is 7.11 Å². The SMILES string of the molecule is CCOc1ccc(-c2c(C#N)c(N)[nH+]c(OC)c2C#N)cc1. The molecule has 0 aliphatic rings. The monoisotopic (exact) mass is 295 g/mol. The van der Waals surface area contributed by atoms with Crippen molar-refractivity contribution in [1.29, 1.82) is 10.5 Å². The average Bonchev–Trinajstić information content (AvgIpc) is 2.54. The standard InChI is InChI=1S/C16H14N4O2/c1-3-22-11-6-4-10(5-7-11)14-12(8-17)15(19)20-16(21-2)13(14)9-18/h4-7H,3H2,1-2H3,(H2,19,20)/p+1. The molecule has 1 aromatic carbocycles. The van der Waals surface area contributed by atoms with Crippen LogP contribution in [0.5, 0.6) is 11.6 Å². The number of anilines is 1. The summed E-state index contributed by atoms with van der Waals surface area (Å²) < 4.78 is 10.5. The Morgan fingerprint density at radius 3 is 2.27 bits per heavy atom. The van der Waals surface area contributed by atoms with Crippen LogP contribution in [-0.2, 0) is 0 Å². The number of pyridine rings is 1. The molecule has 0 saturated heterocycles. The number of hydrogen-bond donors (Lipinski definition) is 1. The van der Waals surface area contributed by atoms with Crippen molar-refractivity contribution < 1.29 is 14.5 Å². The Bertz CT molecular complexity index is 771. The largest absolute Gasteiger partial charge is 0.494 e. The second-order valence-electron chi connectivity index (χ2n) is 4.38. The number of H-pyrrole nitrogens is 1. The number of methoxy groups -OCH3 is 1. The van der Waals surface area contributed by atoms with Gasteiger partial charge in [0.25, 0.3) is 5.82 Å². The summed E-state index contributed by atoms with van der Waals surface area (Å²) in [6, 6.07) is 11.2. The Hall–Kier alpha value is -3.25. The van der Waals surface area contributed by atoms with E-state index in [1.807, 2.05) is 13.0 Å². The molecule has 0 saturated carbocycles. The van der Waals surface area contributed by atoms with Crippen molar-refractivity contribution in [3.05, 3.63) is 35.4 Å². The van der Waals surface area contributed by atoms with Gasteiger partial charge in [-0.1, -0.05) is 12.1 Å². The molecule has 0 atom stereocenters. The van der Waals surface area contributed by atoms with Gasteiger partial charge in [-0.25, -0.2) is 4.98 Å². The first kappa shape index (κ1) is 15.1. The molecule has 0 radical (unpaired) electrons. The first-order valence-corrected chi connectivity index (χ1v) is 6.62. The van der Waals surface area contributed by atoms with Crippen molar-refractivity contribution in [2.75, 3.05) is 19.5 Å². The van der Waals surface area contributed by atoms with Gasteiger partial charge in [0.15, 0.2) is 5.56 Å². The normalized spacial score (nSPS) is 9.64. The van der Waals surface area contributed by atoms with E-state index < -0.39 is 0 Å². The molecule has 0 spiro atoms. The molecule has 2 aromatic rings. The fourth-order valence-electron chi connectivity index (χ4n) is 2.17. The zero-order chi connectivity index (χ0) is 16.1. The number of nitrogens with one attached hydrogen (secondary N) is 1. The summed E-state index contributed by atoms with van der Waals surface area (Å²) in [5.41, 5.74) is 7.43. The van der Waals surface area contributed by atoms with Gasteiger partial charge < -0.3 is 9.47 Å². The van der Waals surface area contributed by atoms with Gasteiger partial charge in [-0.3, -0.25) is 5.73 Å². The van der Waals surface area contributed by atoms with Crippen molar-refractivity contribution in [2.24, 2.45) is 0 Å². The summed E-state index contributed by atoms with van der Waals surface area (Å²) in [6.45, 7) is 2.46. The van der Waals surface area contributed by atoms with Gasteiger partial charge in [-0.05, 0) is 24.6 Å². The van der Waals surface area contributed by atoms with Crippen molar-refractivity contribution in [1.82, 2.24) is 0 Å². The van der Waals surface area contributed by atoms with E-state index in [1.54, 1.807) is 24.3 Å². The molecule has 0 aliphatic carbocycles. The second-order valence-corrected chi connectivity index (χ2v) is 4.38. The minimum absolute atomic E-state index is 0.155. The third-order valence-corrected chi connectivity index (χ3v) is 3.13. The number of nitrogen functional groups attached to an aromatic ring is 1. The van der Waals surface area contributed by atoms with Crippen LogP contribution in [0.15, 0.2) is 24.3 Å². The number of nitriles is 2. The topological polar surface area (TPSA) is 106 Å². The highest BCUT2D eigenvalue weighted by molar-refractivity contribution is 5.80. The van der Waals surface area contributed by atoms with Gasteiger partial charge in [-0.2, -0.15) is 10.5 Å². The van der Waals surface area contributed by atoms with E-state index in [4.69, 9.17) is 15.2 Å². The Balaban J connectivity index is 2.70. The molecule has 1 heterocycles. The van der Waals surface area contributed by atoms with Gasteiger partial charge in [-0.15, -0.1) is 0 Å². The minimum Gasteiger partial charge on any atom is -0.494 e. The molecular formula is C16H15N4O2+. The molecule has 110 valence electrons. The summed E-state index contributed by atoms with van der Waals surface area (Å²) >= 11 is 0. The highest BCUT2D eigenvalue weighted by atomic mass is 16.5. The lowest BCUT2D eigenvalue weighted by molar-refractivity contribution is -0.376. The van der Waals surface area contributed by atoms with Crippen molar-refractivity contribution in [2.45, 2.75) is 6.92 Å². The van der Waals surface area contributed by atoms with Crippen LogP contribution < -0.4 is 20.2 Å². The molecular weight excluding hydrogens is 280 g/mol. The van der Waals surface area contributed by atoms with Gasteiger partial charge in [0.1, 0.15) is 23.5 Å². The predicted octanol–water partition coefficient (Wildman–Crippen LogP) is 1.90. The zero-order valence-electron chi connectivity index (χ0n) is 12.3. The number of aromatic amines is 1. The fraction of sp³-hybridized carbons (Fsp3) is 0.188. The van der Waals surface area contributed by atoms with E-state index in [9.17, 15) is 10.5 Å². The summed E-state index contributed by atoms with van der Waals surface area (Å²) in [6.07, 6.45) is 0. The summed E-state index contributed by atoms with van der Waals surface area (Å²) in [7, 11) is 1.43. The van der Waals surface area contributed by atoms with E-state index in [2.05, 4.69) is 11.1 Å². The lowest BCUT2D eigenvalue weighted by atomic mass is 9.96. The number of nitrogens with zero attached hydrogens (tertiary/aromatic N) is 2. The quantitative estimate of drug-likeness (QED) is 0.927. The van der Waals surface area contributed by atoms with Crippen LogP contribution in [0.3, 0.4) is 0 Å². The molecule has 0 unspecified atom stereocenters. The molecule has 6 heteroatoms. The first-order valence-electron chi connectivity index (χ1n) is 6.62. The van der Waals surface area contributed by atoms with Crippen LogP contribution in [-0.4, -0.2) is 13.7 Å². The lowest BCUT2D eigenvalue weighted by Gasteiger charge is -2.10. The van der Waals surface area contributed by atoms with Crippen LogP contribution >= 0.6 is 0 Å². The van der Waals surface area contributed by atoms with Crippen LogP contribution in [0.25, 0.3) is 11.1 Å². The van der Waals surface area contributed by atoms with Crippen molar-refractivity contribution in [3.8, 4) is 34.9 Å². The molecule has 3 N–H and O–H groups in total. The number of benzene rings is 1. The number of hydrogen-bond acceptors (Lipinski definition) is 5. The molecule has 0 aliphatic heterocycles. The molecule has 0 fully saturated rings. The van der Waals surface area contributed by atoms with E-state index >= 15 is 0 Å². The van der Waals surface area contributed by atoms with Crippen LogP contribution in [0.2, 0.25) is 0 Å². The van der Waals surface area contributed by atoms with Crippen molar-refractivity contribution >= 4 is 5.82 Å². The smallest absolute Gasteiger partial charge is 0.300 e. The average molecular weight is 295 g/mol. The fourth-order valence-corrected chi connectivity index (χ4v) is 2.17. The first-order chi connectivity index (χ1) is 10.7. The Morgan fingerprint density at radius 2 is 1.77 bits per heavy atom. The molecule has 1 aromatic heterocycles. The highest BCUT2D eigenvalue weighted by Gasteiger charge is 2.24. The maximum atomic E-state index is 9.42. The number of aromatic nitrogens is 1. The van der Waals surface area contributed by atoms with E-state index in [-0.39, 0.29) is 22.8 Å². The van der Waals surface area contributed by atoms with Crippen LogP contribution in [0.1, 0.15) is 18.1 Å². The number of rotatable bonds is 4.